The summed E-state index contributed by atoms with van der Waals surface area (Å²) in [6.45, 7) is 0. The Morgan fingerprint density at radius 3 is 1.98 bits per heavy atom. The van der Waals surface area contributed by atoms with Gasteiger partial charge in [0.2, 0.25) is 0 Å². The van der Waals surface area contributed by atoms with Crippen LogP contribution in [0.5, 0.6) is 0 Å². The van der Waals surface area contributed by atoms with Crippen LogP contribution in [0.15, 0.2) is 210 Å². The van der Waals surface area contributed by atoms with Crippen molar-refractivity contribution in [2.75, 3.05) is 0 Å². The minimum atomic E-state index is -0.429. The van der Waals surface area contributed by atoms with Crippen molar-refractivity contribution >= 4 is 11.8 Å². The second kappa shape index (κ2) is 14.0. The van der Waals surface area contributed by atoms with Crippen LogP contribution < -0.4 is 0 Å². The smallest absolute Gasteiger partial charge is 0.160 e. The van der Waals surface area contributed by atoms with Gasteiger partial charge in [-0.3, -0.25) is 0 Å². The summed E-state index contributed by atoms with van der Waals surface area (Å²) in [4.78, 5) is 13.2. The van der Waals surface area contributed by atoms with E-state index in [1.54, 1.807) is 0 Å². The van der Waals surface area contributed by atoms with Crippen LogP contribution in [0.2, 0.25) is 0 Å². The molecule has 58 heavy (non-hydrogen) atoms. The highest BCUT2D eigenvalue weighted by molar-refractivity contribution is 7.99. The van der Waals surface area contributed by atoms with Gasteiger partial charge in [-0.1, -0.05) is 194 Å². The second-order valence-electron chi connectivity index (χ2n) is 15.5. The molecule has 1 aromatic heterocycles. The van der Waals surface area contributed by atoms with Crippen LogP contribution in [-0.4, -0.2) is 9.97 Å². The molecular weight excluding hydrogens is 723 g/mol. The van der Waals surface area contributed by atoms with Crippen molar-refractivity contribution < 1.29 is 0 Å². The van der Waals surface area contributed by atoms with Gasteiger partial charge in [0.25, 0.3) is 0 Å². The summed E-state index contributed by atoms with van der Waals surface area (Å²) < 4.78 is 0. The van der Waals surface area contributed by atoms with Crippen molar-refractivity contribution in [3.63, 3.8) is 0 Å². The van der Waals surface area contributed by atoms with Gasteiger partial charge in [-0.2, -0.15) is 5.26 Å². The van der Waals surface area contributed by atoms with E-state index >= 15 is 0 Å². The minimum absolute atomic E-state index is 0.161. The molecule has 11 rings (SSSR count). The van der Waals surface area contributed by atoms with Gasteiger partial charge in [0.05, 0.1) is 22.9 Å². The number of benzene rings is 6. The van der Waals surface area contributed by atoms with E-state index in [9.17, 15) is 5.26 Å². The van der Waals surface area contributed by atoms with Gasteiger partial charge in [0.1, 0.15) is 0 Å². The zero-order valence-corrected chi connectivity index (χ0v) is 32.5. The molecule has 7 aromatic rings. The largest absolute Gasteiger partial charge is 0.228 e. The van der Waals surface area contributed by atoms with Crippen molar-refractivity contribution in [2.24, 2.45) is 5.92 Å². The first-order valence-electron chi connectivity index (χ1n) is 20.0. The Bertz CT molecular complexity index is 2920. The van der Waals surface area contributed by atoms with Crippen LogP contribution in [0.25, 0.3) is 45.0 Å². The molecule has 0 amide bonds. The van der Waals surface area contributed by atoms with E-state index in [-0.39, 0.29) is 17.8 Å². The summed E-state index contributed by atoms with van der Waals surface area (Å²) in [6.07, 6.45) is 16.4. The molecule has 274 valence electrons. The summed E-state index contributed by atoms with van der Waals surface area (Å²) in [7, 11) is 0. The second-order valence-corrected chi connectivity index (χ2v) is 16.5. The van der Waals surface area contributed by atoms with E-state index in [1.165, 1.54) is 43.2 Å². The molecule has 2 heterocycles. The monoisotopic (exact) mass is 759 g/mol. The molecule has 6 aromatic carbocycles. The van der Waals surface area contributed by atoms with E-state index in [0.29, 0.717) is 5.82 Å². The maximum absolute atomic E-state index is 9.68. The molecule has 4 unspecified atom stereocenters. The Morgan fingerprint density at radius 2 is 1.21 bits per heavy atom. The third kappa shape index (κ3) is 5.42. The van der Waals surface area contributed by atoms with Crippen LogP contribution in [-0.2, 0) is 5.41 Å². The molecule has 0 N–H and O–H groups in total. The highest BCUT2D eigenvalue weighted by Gasteiger charge is 2.56. The number of rotatable bonds is 5. The number of allylic oxidation sites excluding steroid dienone is 8. The molecule has 1 aliphatic heterocycles. The van der Waals surface area contributed by atoms with E-state index in [1.807, 2.05) is 30.0 Å². The lowest BCUT2D eigenvalue weighted by molar-refractivity contribution is 0.441. The van der Waals surface area contributed by atoms with Gasteiger partial charge in [-0.05, 0) is 57.5 Å². The molecule has 3 nitrogen and oxygen atoms in total. The Hall–Kier alpha value is -6.80. The van der Waals surface area contributed by atoms with Gasteiger partial charge in [-0.15, -0.1) is 0 Å². The van der Waals surface area contributed by atoms with Crippen LogP contribution in [0, 0.1) is 17.2 Å². The molecule has 3 aliphatic carbocycles. The van der Waals surface area contributed by atoms with E-state index < -0.39 is 5.41 Å². The fourth-order valence-electron chi connectivity index (χ4n) is 9.82. The molecule has 4 atom stereocenters. The zero-order valence-electron chi connectivity index (χ0n) is 31.7. The Kier molecular flexibility index (Phi) is 8.31. The van der Waals surface area contributed by atoms with Crippen LogP contribution in [0.3, 0.4) is 0 Å². The number of hydrogen-bond donors (Lipinski definition) is 0. The number of nitrogens with zero attached hydrogens (tertiary/aromatic N) is 3. The van der Waals surface area contributed by atoms with Crippen molar-refractivity contribution in [2.45, 2.75) is 33.5 Å². The average molecular weight is 760 g/mol. The predicted molar refractivity (Wildman–Crippen MR) is 235 cm³/mol. The van der Waals surface area contributed by atoms with Gasteiger partial charge in [-0.25, -0.2) is 9.97 Å². The quantitative estimate of drug-likeness (QED) is 0.175. The van der Waals surface area contributed by atoms with E-state index in [2.05, 4.69) is 182 Å². The summed E-state index contributed by atoms with van der Waals surface area (Å²) in [5, 5.41) is 9.68. The highest BCUT2D eigenvalue weighted by Crippen LogP contribution is 2.66. The van der Waals surface area contributed by atoms with Crippen molar-refractivity contribution in [3.05, 3.63) is 228 Å². The maximum Gasteiger partial charge on any atom is 0.160 e. The van der Waals surface area contributed by atoms with Crippen LogP contribution >= 0.6 is 11.8 Å². The Morgan fingerprint density at radius 1 is 0.569 bits per heavy atom. The highest BCUT2D eigenvalue weighted by atomic mass is 32.2. The summed E-state index contributed by atoms with van der Waals surface area (Å²) in [5.41, 5.74) is 14.3. The molecule has 0 saturated carbocycles. The number of aromatic nitrogens is 2. The lowest BCUT2D eigenvalue weighted by atomic mass is 9.62. The number of fused-ring (bicyclic) bond motifs is 9. The maximum atomic E-state index is 9.68. The van der Waals surface area contributed by atoms with Gasteiger partial charge in [0, 0.05) is 49.8 Å². The van der Waals surface area contributed by atoms with E-state index in [0.717, 1.165) is 45.6 Å². The summed E-state index contributed by atoms with van der Waals surface area (Å²) in [6, 6.07) is 57.0. The van der Waals surface area contributed by atoms with Gasteiger partial charge in [0.15, 0.2) is 5.82 Å². The molecule has 0 fully saturated rings. The van der Waals surface area contributed by atoms with Crippen molar-refractivity contribution in [1.82, 2.24) is 9.97 Å². The fraction of sp³-hybridized carbons (Fsp3) is 0.0926. The summed E-state index contributed by atoms with van der Waals surface area (Å²) in [5.74, 6) is 1.30. The molecule has 4 heteroatoms. The predicted octanol–water partition coefficient (Wildman–Crippen LogP) is 13.3. The van der Waals surface area contributed by atoms with Gasteiger partial charge < -0.3 is 0 Å². The first-order chi connectivity index (χ1) is 28.7. The average Bonchev–Trinajstić information content (AvgIpc) is 3.60. The Labute approximate surface area is 343 Å². The minimum Gasteiger partial charge on any atom is -0.228 e. The third-order valence-electron chi connectivity index (χ3n) is 12.4. The molecule has 4 aliphatic rings. The van der Waals surface area contributed by atoms with Crippen molar-refractivity contribution in [1.29, 1.82) is 5.26 Å². The molecule has 0 bridgehead atoms. The first-order valence-corrected chi connectivity index (χ1v) is 20.8. The Balaban J connectivity index is 1.15. The van der Waals surface area contributed by atoms with Crippen LogP contribution in [0.1, 0.15) is 46.1 Å². The van der Waals surface area contributed by atoms with Gasteiger partial charge >= 0.3 is 0 Å². The fourth-order valence-corrected chi connectivity index (χ4v) is 11.3. The standard InChI is InChI=1S/C54H37N3S/c55-34-35-25-27-38(28-26-35)41-19-11-23-47-51(41)58-52-44(20-12-24-48(52)54(47)45-21-9-7-17-42(45)43-18-8-10-22-46(43)54)50-33-49(39-15-5-2-6-16-39)56-53(57-50)40-31-29-37(30-32-40)36-13-3-1-4-14-36/h1-27,29-33,38,42,45H,28H2. The van der Waals surface area contributed by atoms with E-state index in [4.69, 9.17) is 9.97 Å². The number of hydrogen-bond acceptors (Lipinski definition) is 4. The normalized spacial score (nSPS) is 20.7. The lowest BCUT2D eigenvalue weighted by Gasteiger charge is -2.44. The molecule has 1 spiro atoms. The zero-order chi connectivity index (χ0) is 38.6. The topological polar surface area (TPSA) is 49.6 Å². The third-order valence-corrected chi connectivity index (χ3v) is 13.7. The SMILES string of the molecule is N#CC1=CCC(c2cccc3c2Sc2c(-c4cc(-c5ccccc5)nc(-c5ccc(-c6ccccc6)cc5)n4)cccc2C32c3ccccc3C3C=CC=CC32)C=C1. The van der Waals surface area contributed by atoms with Crippen molar-refractivity contribution in [3.8, 4) is 51.1 Å². The number of nitriles is 1. The molecule has 0 saturated heterocycles. The van der Waals surface area contributed by atoms with Crippen LogP contribution in [0.4, 0.5) is 0 Å². The first kappa shape index (κ1) is 34.4. The summed E-state index contributed by atoms with van der Waals surface area (Å²) >= 11 is 1.89. The molecular formula is C54H37N3S. The lowest BCUT2D eigenvalue weighted by Crippen LogP contribution is -2.38. The molecule has 0 radical (unpaired) electrons.